The standard InChI is InChI=1S/C20H17FN2O3/c1-2-23-16-10-12-4-3-9-26-17(12)11-15(16)18(20(23)25)19(24)22-14-7-5-13(21)6-8-14/h3-8,10-11,18H,2,9H2,1H3,(H,22,24). The van der Waals surface area contributed by atoms with Crippen LogP contribution in [-0.4, -0.2) is 25.0 Å². The normalized spacial score (nSPS) is 17.5. The molecule has 5 nitrogen and oxygen atoms in total. The lowest BCUT2D eigenvalue weighted by atomic mass is 9.97. The van der Waals surface area contributed by atoms with Gasteiger partial charge in [-0.1, -0.05) is 6.08 Å². The van der Waals surface area contributed by atoms with Gasteiger partial charge in [-0.25, -0.2) is 4.39 Å². The number of benzene rings is 2. The van der Waals surface area contributed by atoms with Crippen LogP contribution in [0.25, 0.3) is 6.08 Å². The van der Waals surface area contributed by atoms with Gasteiger partial charge in [0.1, 0.15) is 24.1 Å². The number of rotatable bonds is 3. The molecule has 1 N–H and O–H groups in total. The van der Waals surface area contributed by atoms with Crippen LogP contribution in [0.4, 0.5) is 15.8 Å². The number of ether oxygens (including phenoxy) is 1. The molecule has 2 aromatic rings. The third-order valence-corrected chi connectivity index (χ3v) is 4.60. The Hall–Kier alpha value is -3.15. The first kappa shape index (κ1) is 16.3. The molecule has 0 bridgehead atoms. The van der Waals surface area contributed by atoms with Crippen LogP contribution in [0.3, 0.4) is 0 Å². The second-order valence-corrected chi connectivity index (χ2v) is 6.17. The van der Waals surface area contributed by atoms with Gasteiger partial charge in [-0.3, -0.25) is 9.59 Å². The average molecular weight is 352 g/mol. The second-order valence-electron chi connectivity index (χ2n) is 6.17. The van der Waals surface area contributed by atoms with Gasteiger partial charge in [0.05, 0.1) is 0 Å². The summed E-state index contributed by atoms with van der Waals surface area (Å²) in [5.41, 5.74) is 2.69. The minimum Gasteiger partial charge on any atom is -0.489 e. The number of anilines is 2. The van der Waals surface area contributed by atoms with Crippen molar-refractivity contribution in [2.45, 2.75) is 12.8 Å². The van der Waals surface area contributed by atoms with Crippen molar-refractivity contribution in [3.05, 3.63) is 59.4 Å². The van der Waals surface area contributed by atoms with E-state index in [2.05, 4.69) is 5.32 Å². The highest BCUT2D eigenvalue weighted by atomic mass is 19.1. The third kappa shape index (κ3) is 2.63. The van der Waals surface area contributed by atoms with Crippen LogP contribution in [0.5, 0.6) is 5.75 Å². The summed E-state index contributed by atoms with van der Waals surface area (Å²) >= 11 is 0. The van der Waals surface area contributed by atoms with Crippen LogP contribution in [0, 0.1) is 5.82 Å². The van der Waals surface area contributed by atoms with Gasteiger partial charge in [0.2, 0.25) is 11.8 Å². The summed E-state index contributed by atoms with van der Waals surface area (Å²) in [7, 11) is 0. The maximum absolute atomic E-state index is 13.0. The van der Waals surface area contributed by atoms with E-state index < -0.39 is 11.8 Å². The number of likely N-dealkylation sites (N-methyl/N-ethyl adjacent to an activating group) is 1. The number of carbonyl (C=O) groups is 2. The molecule has 0 spiro atoms. The van der Waals surface area contributed by atoms with Crippen molar-refractivity contribution < 1.29 is 18.7 Å². The quantitative estimate of drug-likeness (QED) is 0.862. The molecule has 2 aliphatic heterocycles. The number of halogens is 1. The SMILES string of the molecule is CCN1C(=O)C(C(=O)Nc2ccc(F)cc2)c2cc3c(cc21)C=CCO3. The fraction of sp³-hybridized carbons (Fsp3) is 0.200. The molecular weight excluding hydrogens is 335 g/mol. The van der Waals surface area contributed by atoms with E-state index in [4.69, 9.17) is 4.74 Å². The van der Waals surface area contributed by atoms with Gasteiger partial charge in [0.25, 0.3) is 0 Å². The molecule has 0 fully saturated rings. The predicted molar refractivity (Wildman–Crippen MR) is 96.8 cm³/mol. The average Bonchev–Trinajstić information content (AvgIpc) is 2.92. The van der Waals surface area contributed by atoms with Crippen molar-refractivity contribution in [3.8, 4) is 5.75 Å². The Bertz CT molecular complexity index is 921. The monoisotopic (exact) mass is 352 g/mol. The van der Waals surface area contributed by atoms with E-state index in [0.717, 1.165) is 11.3 Å². The lowest BCUT2D eigenvalue weighted by molar-refractivity contribution is -0.126. The van der Waals surface area contributed by atoms with E-state index >= 15 is 0 Å². The van der Waals surface area contributed by atoms with Gasteiger partial charge in [0.15, 0.2) is 0 Å². The second kappa shape index (κ2) is 6.29. The van der Waals surface area contributed by atoms with Gasteiger partial charge in [-0.15, -0.1) is 0 Å². The van der Waals surface area contributed by atoms with E-state index in [-0.39, 0.29) is 11.7 Å². The van der Waals surface area contributed by atoms with Crippen molar-refractivity contribution in [2.75, 3.05) is 23.4 Å². The molecule has 2 heterocycles. The van der Waals surface area contributed by atoms with Gasteiger partial charge in [-0.2, -0.15) is 0 Å². The number of hydrogen-bond acceptors (Lipinski definition) is 3. The zero-order valence-electron chi connectivity index (χ0n) is 14.2. The number of hydrogen-bond donors (Lipinski definition) is 1. The first-order valence-electron chi connectivity index (χ1n) is 8.43. The first-order chi connectivity index (χ1) is 12.6. The molecular formula is C20H17FN2O3. The van der Waals surface area contributed by atoms with Crippen LogP contribution in [0.2, 0.25) is 0 Å². The summed E-state index contributed by atoms with van der Waals surface area (Å²) in [6, 6.07) is 9.10. The van der Waals surface area contributed by atoms with E-state index in [0.29, 0.717) is 30.2 Å². The molecule has 6 heteroatoms. The minimum atomic E-state index is -0.949. The van der Waals surface area contributed by atoms with Crippen molar-refractivity contribution >= 4 is 29.3 Å². The van der Waals surface area contributed by atoms with Gasteiger partial charge < -0.3 is 15.0 Å². The molecule has 0 radical (unpaired) electrons. The number of amides is 2. The molecule has 0 aliphatic carbocycles. The Kier molecular flexibility index (Phi) is 3.95. The minimum absolute atomic E-state index is 0.270. The third-order valence-electron chi connectivity index (χ3n) is 4.60. The van der Waals surface area contributed by atoms with Crippen molar-refractivity contribution in [2.24, 2.45) is 0 Å². The van der Waals surface area contributed by atoms with E-state index in [1.165, 1.54) is 24.3 Å². The van der Waals surface area contributed by atoms with Crippen LogP contribution in [0.1, 0.15) is 24.0 Å². The number of nitrogens with one attached hydrogen (secondary N) is 1. The molecule has 2 aromatic carbocycles. The Morgan fingerprint density at radius 1 is 1.31 bits per heavy atom. The Labute approximate surface area is 150 Å². The summed E-state index contributed by atoms with van der Waals surface area (Å²) in [5.74, 6) is -1.38. The molecule has 1 unspecified atom stereocenters. The summed E-state index contributed by atoms with van der Waals surface area (Å²) in [6.07, 6.45) is 3.85. The molecule has 4 rings (SSSR count). The molecule has 1 atom stereocenters. The van der Waals surface area contributed by atoms with Crippen LogP contribution < -0.4 is 15.0 Å². The largest absolute Gasteiger partial charge is 0.489 e. The zero-order chi connectivity index (χ0) is 18.3. The summed E-state index contributed by atoms with van der Waals surface area (Å²) in [4.78, 5) is 27.2. The highest BCUT2D eigenvalue weighted by Crippen LogP contribution is 2.42. The summed E-state index contributed by atoms with van der Waals surface area (Å²) < 4.78 is 18.7. The summed E-state index contributed by atoms with van der Waals surface area (Å²) in [6.45, 7) is 2.80. The molecule has 132 valence electrons. The number of carbonyl (C=O) groups excluding carboxylic acids is 2. The predicted octanol–water partition coefficient (Wildman–Crippen LogP) is 3.32. The van der Waals surface area contributed by atoms with Crippen LogP contribution >= 0.6 is 0 Å². The maximum atomic E-state index is 13.0. The molecule has 2 aliphatic rings. The smallest absolute Gasteiger partial charge is 0.244 e. The molecule has 0 aromatic heterocycles. The maximum Gasteiger partial charge on any atom is 0.244 e. The van der Waals surface area contributed by atoms with Crippen LogP contribution in [-0.2, 0) is 9.59 Å². The lowest BCUT2D eigenvalue weighted by Crippen LogP contribution is -2.33. The van der Waals surface area contributed by atoms with Crippen LogP contribution in [0.15, 0.2) is 42.5 Å². The van der Waals surface area contributed by atoms with Gasteiger partial charge in [-0.05, 0) is 49.4 Å². The molecule has 2 amide bonds. The molecule has 26 heavy (non-hydrogen) atoms. The van der Waals surface area contributed by atoms with Crippen molar-refractivity contribution in [3.63, 3.8) is 0 Å². The number of nitrogens with zero attached hydrogens (tertiary/aromatic N) is 1. The van der Waals surface area contributed by atoms with E-state index in [1.54, 1.807) is 11.0 Å². The Balaban J connectivity index is 1.71. The van der Waals surface area contributed by atoms with Crippen molar-refractivity contribution in [1.82, 2.24) is 0 Å². The highest BCUT2D eigenvalue weighted by molar-refractivity contribution is 6.20. The topological polar surface area (TPSA) is 58.6 Å². The Morgan fingerprint density at radius 3 is 2.81 bits per heavy atom. The van der Waals surface area contributed by atoms with E-state index in [9.17, 15) is 14.0 Å². The lowest BCUT2D eigenvalue weighted by Gasteiger charge is -2.18. The molecule has 0 saturated carbocycles. The fourth-order valence-corrected chi connectivity index (χ4v) is 3.37. The summed E-state index contributed by atoms with van der Waals surface area (Å²) in [5, 5.41) is 2.70. The van der Waals surface area contributed by atoms with Gasteiger partial charge >= 0.3 is 0 Å². The highest BCUT2D eigenvalue weighted by Gasteiger charge is 2.42. The molecule has 0 saturated heterocycles. The fourth-order valence-electron chi connectivity index (χ4n) is 3.37. The van der Waals surface area contributed by atoms with E-state index in [1.807, 2.05) is 25.1 Å². The van der Waals surface area contributed by atoms with Gasteiger partial charge in [0, 0.05) is 29.0 Å². The Morgan fingerprint density at radius 2 is 2.08 bits per heavy atom. The first-order valence-corrected chi connectivity index (χ1v) is 8.43. The van der Waals surface area contributed by atoms with Crippen molar-refractivity contribution in [1.29, 1.82) is 0 Å². The zero-order valence-corrected chi connectivity index (χ0v) is 14.2. The number of fused-ring (bicyclic) bond motifs is 2.